The average Bonchev–Trinajstić information content (AvgIpc) is 2.50. The second kappa shape index (κ2) is 5.17. The molecule has 0 unspecified atom stereocenters. The number of hydrogen-bond acceptors (Lipinski definition) is 0. The molecule has 0 atom stereocenters. The van der Waals surface area contributed by atoms with Crippen molar-refractivity contribution < 1.29 is 0 Å². The minimum Gasteiger partial charge on any atom is -0.0888 e. The maximum atomic E-state index is 2.42. The summed E-state index contributed by atoms with van der Waals surface area (Å²) in [4.78, 5) is 0. The minimum absolute atomic E-state index is 1.18. The van der Waals surface area contributed by atoms with Crippen LogP contribution in [-0.2, 0) is 0 Å². The van der Waals surface area contributed by atoms with Gasteiger partial charge in [0, 0.05) is 0 Å². The van der Waals surface area contributed by atoms with Crippen LogP contribution in [0.1, 0.15) is 45.4 Å². The maximum Gasteiger partial charge on any atom is -0.0286 e. The van der Waals surface area contributed by atoms with Crippen LogP contribution in [0, 0.1) is 0 Å². The Morgan fingerprint density at radius 3 is 3.00 bits per heavy atom. The first-order valence-electron chi connectivity index (χ1n) is 4.76. The normalized spacial score (nSPS) is 17.7. The van der Waals surface area contributed by atoms with Crippen LogP contribution in [0.25, 0.3) is 0 Å². The predicted molar refractivity (Wildman–Crippen MR) is 50.6 cm³/mol. The molecule has 11 heavy (non-hydrogen) atoms. The van der Waals surface area contributed by atoms with Gasteiger partial charge in [-0.25, -0.2) is 0 Å². The van der Waals surface area contributed by atoms with Gasteiger partial charge < -0.3 is 0 Å². The summed E-state index contributed by atoms with van der Waals surface area (Å²) in [6.07, 6.45) is 14.8. The summed E-state index contributed by atoms with van der Waals surface area (Å²) in [5.74, 6) is 0. The van der Waals surface area contributed by atoms with Crippen LogP contribution in [0.15, 0.2) is 23.8 Å². The zero-order chi connectivity index (χ0) is 7.94. The maximum absolute atomic E-state index is 2.42. The van der Waals surface area contributed by atoms with Gasteiger partial charge in [0.25, 0.3) is 0 Å². The summed E-state index contributed by atoms with van der Waals surface area (Å²) in [7, 11) is 0. The standard InChI is InChI=1S/C11H18/c1-2-3-4-5-8-11-9-6-7-10-11/h3-4,9H,2,5-8,10H2,1H3. The fourth-order valence-electron chi connectivity index (χ4n) is 1.52. The Morgan fingerprint density at radius 2 is 2.36 bits per heavy atom. The molecule has 0 aromatic carbocycles. The number of allylic oxidation sites excluding steroid dienone is 4. The summed E-state index contributed by atoms with van der Waals surface area (Å²) in [5.41, 5.74) is 1.69. The molecule has 0 radical (unpaired) electrons. The van der Waals surface area contributed by atoms with Crippen LogP contribution < -0.4 is 0 Å². The van der Waals surface area contributed by atoms with E-state index in [1.165, 1.54) is 38.5 Å². The lowest BCUT2D eigenvalue weighted by Gasteiger charge is -1.95. The first kappa shape index (κ1) is 8.58. The van der Waals surface area contributed by atoms with Crippen LogP contribution in [0.3, 0.4) is 0 Å². The fourth-order valence-corrected chi connectivity index (χ4v) is 1.52. The van der Waals surface area contributed by atoms with Gasteiger partial charge in [0.15, 0.2) is 0 Å². The van der Waals surface area contributed by atoms with Crippen LogP contribution in [0.2, 0.25) is 0 Å². The molecular weight excluding hydrogens is 132 g/mol. The third-order valence-electron chi connectivity index (χ3n) is 2.17. The van der Waals surface area contributed by atoms with Crippen molar-refractivity contribution in [3.05, 3.63) is 23.8 Å². The molecule has 0 bridgehead atoms. The smallest absolute Gasteiger partial charge is 0.0286 e. The molecule has 0 N–H and O–H groups in total. The predicted octanol–water partition coefficient (Wildman–Crippen LogP) is 3.84. The molecule has 0 nitrogen and oxygen atoms in total. The Balaban J connectivity index is 2.07. The lowest BCUT2D eigenvalue weighted by atomic mass is 10.1. The van der Waals surface area contributed by atoms with Crippen molar-refractivity contribution in [3.63, 3.8) is 0 Å². The Bertz CT molecular complexity index is 151. The van der Waals surface area contributed by atoms with Crippen LogP contribution in [-0.4, -0.2) is 0 Å². The zero-order valence-electron chi connectivity index (χ0n) is 7.47. The summed E-state index contributed by atoms with van der Waals surface area (Å²) in [5, 5.41) is 0. The van der Waals surface area contributed by atoms with E-state index in [1.807, 2.05) is 0 Å². The molecule has 0 aromatic rings. The van der Waals surface area contributed by atoms with Gasteiger partial charge >= 0.3 is 0 Å². The van der Waals surface area contributed by atoms with Crippen molar-refractivity contribution in [1.82, 2.24) is 0 Å². The van der Waals surface area contributed by atoms with Gasteiger partial charge in [-0.15, -0.1) is 0 Å². The Hall–Kier alpha value is -0.520. The highest BCUT2D eigenvalue weighted by molar-refractivity contribution is 5.08. The van der Waals surface area contributed by atoms with Crippen LogP contribution >= 0.6 is 0 Å². The molecular formula is C11H18. The first-order chi connectivity index (χ1) is 5.43. The largest absolute Gasteiger partial charge is 0.0888 e. The fraction of sp³-hybridized carbons (Fsp3) is 0.636. The molecule has 0 aliphatic heterocycles. The second-order valence-electron chi connectivity index (χ2n) is 3.17. The molecule has 0 saturated carbocycles. The third kappa shape index (κ3) is 3.41. The topological polar surface area (TPSA) is 0 Å². The van der Waals surface area contributed by atoms with Gasteiger partial charge in [0.1, 0.15) is 0 Å². The molecule has 62 valence electrons. The molecule has 0 saturated heterocycles. The highest BCUT2D eigenvalue weighted by atomic mass is 14.1. The number of rotatable bonds is 4. The van der Waals surface area contributed by atoms with Crippen molar-refractivity contribution in [2.24, 2.45) is 0 Å². The monoisotopic (exact) mass is 150 g/mol. The minimum atomic E-state index is 1.18. The first-order valence-corrected chi connectivity index (χ1v) is 4.76. The van der Waals surface area contributed by atoms with Crippen molar-refractivity contribution in [3.8, 4) is 0 Å². The lowest BCUT2D eigenvalue weighted by Crippen LogP contribution is -1.75. The molecule has 1 aliphatic rings. The molecule has 1 aliphatic carbocycles. The van der Waals surface area contributed by atoms with Gasteiger partial charge in [-0.05, 0) is 38.5 Å². The summed E-state index contributed by atoms with van der Waals surface area (Å²) in [6.45, 7) is 2.19. The Kier molecular flexibility index (Phi) is 4.03. The molecule has 1 rings (SSSR count). The van der Waals surface area contributed by atoms with Crippen LogP contribution in [0.5, 0.6) is 0 Å². The molecule has 0 spiro atoms. The van der Waals surface area contributed by atoms with Gasteiger partial charge in [0.2, 0.25) is 0 Å². The van der Waals surface area contributed by atoms with Gasteiger partial charge in [-0.3, -0.25) is 0 Å². The van der Waals surface area contributed by atoms with E-state index in [2.05, 4.69) is 25.2 Å². The summed E-state index contributed by atoms with van der Waals surface area (Å²) < 4.78 is 0. The van der Waals surface area contributed by atoms with E-state index in [-0.39, 0.29) is 0 Å². The quantitative estimate of drug-likeness (QED) is 0.534. The second-order valence-corrected chi connectivity index (χ2v) is 3.17. The molecule has 0 fully saturated rings. The van der Waals surface area contributed by atoms with Crippen molar-refractivity contribution in [1.29, 1.82) is 0 Å². The van der Waals surface area contributed by atoms with Gasteiger partial charge in [0.05, 0.1) is 0 Å². The summed E-state index contributed by atoms with van der Waals surface area (Å²) in [6, 6.07) is 0. The molecule has 0 aromatic heterocycles. The Morgan fingerprint density at radius 1 is 1.45 bits per heavy atom. The SMILES string of the molecule is CCC=CCCC1=CCCC1. The van der Waals surface area contributed by atoms with E-state index in [1.54, 1.807) is 5.57 Å². The van der Waals surface area contributed by atoms with E-state index in [0.29, 0.717) is 0 Å². The average molecular weight is 150 g/mol. The van der Waals surface area contributed by atoms with E-state index in [0.717, 1.165) is 0 Å². The molecule has 0 heteroatoms. The van der Waals surface area contributed by atoms with E-state index in [9.17, 15) is 0 Å². The van der Waals surface area contributed by atoms with Gasteiger partial charge in [-0.1, -0.05) is 30.7 Å². The highest BCUT2D eigenvalue weighted by Gasteiger charge is 2.01. The van der Waals surface area contributed by atoms with E-state index >= 15 is 0 Å². The van der Waals surface area contributed by atoms with Crippen molar-refractivity contribution in [2.75, 3.05) is 0 Å². The summed E-state index contributed by atoms with van der Waals surface area (Å²) >= 11 is 0. The number of hydrogen-bond donors (Lipinski definition) is 0. The van der Waals surface area contributed by atoms with E-state index in [4.69, 9.17) is 0 Å². The third-order valence-corrected chi connectivity index (χ3v) is 2.17. The van der Waals surface area contributed by atoms with Gasteiger partial charge in [-0.2, -0.15) is 0 Å². The zero-order valence-corrected chi connectivity index (χ0v) is 7.47. The van der Waals surface area contributed by atoms with Crippen molar-refractivity contribution in [2.45, 2.75) is 45.4 Å². The molecule has 0 amide bonds. The molecule has 0 heterocycles. The van der Waals surface area contributed by atoms with Crippen LogP contribution in [0.4, 0.5) is 0 Å². The lowest BCUT2D eigenvalue weighted by molar-refractivity contribution is 0.854. The highest BCUT2D eigenvalue weighted by Crippen LogP contribution is 2.21. The van der Waals surface area contributed by atoms with E-state index < -0.39 is 0 Å². The van der Waals surface area contributed by atoms with Crippen molar-refractivity contribution >= 4 is 0 Å². The Labute approximate surface area is 70.0 Å².